The molecule has 2 aromatic heterocycles. The van der Waals surface area contributed by atoms with E-state index in [2.05, 4.69) is 21.3 Å². The number of rotatable bonds is 6. The molecule has 1 fully saturated rings. The van der Waals surface area contributed by atoms with Crippen LogP contribution in [-0.4, -0.2) is 37.8 Å². The lowest BCUT2D eigenvalue weighted by Crippen LogP contribution is -2.31. The molecule has 2 atom stereocenters. The van der Waals surface area contributed by atoms with Crippen molar-refractivity contribution in [2.24, 2.45) is 0 Å². The number of hydrogen-bond acceptors (Lipinski definition) is 3. The monoisotopic (exact) mass is 424 g/mol. The molecule has 0 spiro atoms. The van der Waals surface area contributed by atoms with Gasteiger partial charge in [-0.1, -0.05) is 18.2 Å². The van der Waals surface area contributed by atoms with Crippen molar-refractivity contribution in [3.05, 3.63) is 83.2 Å². The summed E-state index contributed by atoms with van der Waals surface area (Å²) in [5, 5.41) is 13.4. The molecule has 7 heteroatoms. The maximum atomic E-state index is 14.6. The highest BCUT2D eigenvalue weighted by atomic mass is 32.1. The number of benzene rings is 1. The topological polar surface area (TPSA) is 53.3 Å². The van der Waals surface area contributed by atoms with Crippen LogP contribution in [0.5, 0.6) is 0 Å². The third-order valence-electron chi connectivity index (χ3n) is 5.64. The van der Waals surface area contributed by atoms with E-state index < -0.39 is 0 Å². The maximum Gasteiger partial charge on any atom is 0.170 e. The van der Waals surface area contributed by atoms with E-state index in [1.165, 1.54) is 6.07 Å². The number of hydrogen-bond donors (Lipinski definition) is 2. The number of pyridine rings is 1. The summed E-state index contributed by atoms with van der Waals surface area (Å²) in [6, 6.07) is 14.5. The number of nitrogens with zero attached hydrogens (tertiary/aromatic N) is 3. The summed E-state index contributed by atoms with van der Waals surface area (Å²) in [5.74, 6) is -0.260. The van der Waals surface area contributed by atoms with Crippen molar-refractivity contribution in [2.75, 3.05) is 13.2 Å². The van der Waals surface area contributed by atoms with Crippen molar-refractivity contribution < 1.29 is 9.50 Å². The van der Waals surface area contributed by atoms with Crippen molar-refractivity contribution in [2.45, 2.75) is 32.4 Å². The van der Waals surface area contributed by atoms with Crippen molar-refractivity contribution >= 4 is 17.3 Å². The summed E-state index contributed by atoms with van der Waals surface area (Å²) < 4.78 is 16.5. The Balaban J connectivity index is 1.83. The van der Waals surface area contributed by atoms with Crippen LogP contribution in [0.2, 0.25) is 0 Å². The molecule has 2 N–H and O–H groups in total. The van der Waals surface area contributed by atoms with Crippen LogP contribution in [0.4, 0.5) is 4.39 Å². The zero-order valence-electron chi connectivity index (χ0n) is 17.0. The van der Waals surface area contributed by atoms with E-state index in [1.807, 2.05) is 42.7 Å². The van der Waals surface area contributed by atoms with Gasteiger partial charge in [0, 0.05) is 30.7 Å². The Labute approximate surface area is 181 Å². The van der Waals surface area contributed by atoms with Crippen molar-refractivity contribution in [3.63, 3.8) is 0 Å². The SMILES string of the molecule is Cc1cc([C@H]2[C@H](c3ccccn3)NC(=S)N2CCCO)c(C)n1-c1ccccc1F. The van der Waals surface area contributed by atoms with Crippen LogP contribution in [-0.2, 0) is 0 Å². The first-order valence-electron chi connectivity index (χ1n) is 10.1. The zero-order valence-corrected chi connectivity index (χ0v) is 17.9. The van der Waals surface area contributed by atoms with Crippen LogP contribution in [0, 0.1) is 19.7 Å². The Morgan fingerprint density at radius 2 is 1.93 bits per heavy atom. The fourth-order valence-corrected chi connectivity index (χ4v) is 4.65. The molecule has 1 saturated heterocycles. The molecule has 4 rings (SSSR count). The van der Waals surface area contributed by atoms with E-state index >= 15 is 0 Å². The Bertz CT molecular complexity index is 1050. The number of nitrogens with one attached hydrogen (secondary N) is 1. The summed E-state index contributed by atoms with van der Waals surface area (Å²) in [5.41, 5.74) is 4.41. The second-order valence-electron chi connectivity index (χ2n) is 7.51. The molecular weight excluding hydrogens is 399 g/mol. The van der Waals surface area contributed by atoms with Crippen LogP contribution in [0.15, 0.2) is 54.7 Å². The van der Waals surface area contributed by atoms with E-state index in [1.54, 1.807) is 18.3 Å². The minimum absolute atomic E-state index is 0.0916. The molecule has 1 aromatic carbocycles. The number of aromatic nitrogens is 2. The van der Waals surface area contributed by atoms with Gasteiger partial charge in [0.1, 0.15) is 5.82 Å². The predicted molar refractivity (Wildman–Crippen MR) is 119 cm³/mol. The van der Waals surface area contributed by atoms with Gasteiger partial charge in [0.25, 0.3) is 0 Å². The van der Waals surface area contributed by atoms with Crippen LogP contribution >= 0.6 is 12.2 Å². The van der Waals surface area contributed by atoms with Gasteiger partial charge >= 0.3 is 0 Å². The number of aliphatic hydroxyl groups excluding tert-OH is 1. The second kappa shape index (κ2) is 8.53. The average Bonchev–Trinajstić information content (AvgIpc) is 3.23. The molecule has 0 aliphatic carbocycles. The summed E-state index contributed by atoms with van der Waals surface area (Å²) >= 11 is 5.64. The molecule has 1 aliphatic rings. The van der Waals surface area contributed by atoms with E-state index in [-0.39, 0.29) is 24.5 Å². The van der Waals surface area contributed by atoms with Gasteiger partial charge in [-0.05, 0) is 68.4 Å². The van der Waals surface area contributed by atoms with Crippen LogP contribution in [0.1, 0.15) is 41.1 Å². The molecule has 0 unspecified atom stereocenters. The molecule has 5 nitrogen and oxygen atoms in total. The quantitative estimate of drug-likeness (QED) is 0.586. The maximum absolute atomic E-state index is 14.6. The van der Waals surface area contributed by atoms with E-state index in [0.29, 0.717) is 23.8 Å². The standard InChI is InChI=1S/C23H25FN4OS/c1-15-14-17(16(2)28(15)20-10-4-3-8-18(20)24)22-21(19-9-5-6-11-25-19)26-23(30)27(22)12-7-13-29/h3-6,8-11,14,21-22,29H,7,12-13H2,1-2H3,(H,26,30)/t21-,22-/m0/s1. The van der Waals surface area contributed by atoms with Crippen molar-refractivity contribution in [1.82, 2.24) is 19.8 Å². The fourth-order valence-electron chi connectivity index (χ4n) is 4.32. The van der Waals surface area contributed by atoms with Gasteiger partial charge < -0.3 is 19.9 Å². The third-order valence-corrected chi connectivity index (χ3v) is 5.99. The summed E-state index contributed by atoms with van der Waals surface area (Å²) in [4.78, 5) is 6.66. The summed E-state index contributed by atoms with van der Waals surface area (Å²) in [6.07, 6.45) is 2.38. The normalized spacial score (nSPS) is 18.7. The lowest BCUT2D eigenvalue weighted by Gasteiger charge is -2.28. The molecule has 0 radical (unpaired) electrons. The summed E-state index contributed by atoms with van der Waals surface area (Å²) in [7, 11) is 0. The predicted octanol–water partition coefficient (Wildman–Crippen LogP) is 3.98. The number of halogens is 1. The average molecular weight is 425 g/mol. The fraction of sp³-hybridized carbons (Fsp3) is 0.304. The number of aliphatic hydroxyl groups is 1. The highest BCUT2D eigenvalue weighted by Gasteiger charge is 2.41. The summed E-state index contributed by atoms with van der Waals surface area (Å²) in [6.45, 7) is 4.71. The molecule has 3 aromatic rings. The van der Waals surface area contributed by atoms with Crippen LogP contribution in [0.3, 0.4) is 0 Å². The van der Waals surface area contributed by atoms with E-state index in [4.69, 9.17) is 12.2 Å². The van der Waals surface area contributed by atoms with Gasteiger partial charge in [-0.25, -0.2) is 4.39 Å². The van der Waals surface area contributed by atoms with Gasteiger partial charge in [-0.15, -0.1) is 0 Å². The third kappa shape index (κ3) is 3.59. The van der Waals surface area contributed by atoms with Gasteiger partial charge in [0.15, 0.2) is 5.11 Å². The highest BCUT2D eigenvalue weighted by molar-refractivity contribution is 7.80. The molecule has 0 bridgehead atoms. The first-order chi connectivity index (χ1) is 14.5. The van der Waals surface area contributed by atoms with Gasteiger partial charge in [-0.3, -0.25) is 4.98 Å². The Morgan fingerprint density at radius 3 is 2.63 bits per heavy atom. The number of thiocarbonyl (C=S) groups is 1. The van der Waals surface area contributed by atoms with Crippen molar-refractivity contribution in [1.29, 1.82) is 0 Å². The Morgan fingerprint density at radius 1 is 1.17 bits per heavy atom. The lowest BCUT2D eigenvalue weighted by molar-refractivity contribution is 0.247. The molecule has 0 amide bonds. The second-order valence-corrected chi connectivity index (χ2v) is 7.90. The molecule has 30 heavy (non-hydrogen) atoms. The molecule has 3 heterocycles. The molecule has 156 valence electrons. The minimum atomic E-state index is -0.260. The van der Waals surface area contributed by atoms with Gasteiger partial charge in [0.2, 0.25) is 0 Å². The van der Waals surface area contributed by atoms with E-state index in [0.717, 1.165) is 22.6 Å². The molecule has 0 saturated carbocycles. The molecule has 1 aliphatic heterocycles. The minimum Gasteiger partial charge on any atom is -0.396 e. The van der Waals surface area contributed by atoms with Crippen molar-refractivity contribution in [3.8, 4) is 5.69 Å². The highest BCUT2D eigenvalue weighted by Crippen LogP contribution is 2.41. The van der Waals surface area contributed by atoms with Crippen LogP contribution < -0.4 is 5.32 Å². The lowest BCUT2D eigenvalue weighted by atomic mass is 9.96. The number of aryl methyl sites for hydroxylation is 1. The number of para-hydroxylation sites is 1. The Hall–Kier alpha value is -2.77. The smallest absolute Gasteiger partial charge is 0.170 e. The first-order valence-corrected chi connectivity index (χ1v) is 10.5. The van der Waals surface area contributed by atoms with E-state index in [9.17, 15) is 9.50 Å². The molecular formula is C23H25FN4OS. The largest absolute Gasteiger partial charge is 0.396 e. The van der Waals surface area contributed by atoms with Gasteiger partial charge in [0.05, 0.1) is 23.5 Å². The van der Waals surface area contributed by atoms with Crippen LogP contribution in [0.25, 0.3) is 5.69 Å². The Kier molecular flexibility index (Phi) is 5.83. The van der Waals surface area contributed by atoms with Gasteiger partial charge in [-0.2, -0.15) is 0 Å². The zero-order chi connectivity index (χ0) is 21.3. The first kappa shape index (κ1) is 20.5.